The molecule has 0 radical (unpaired) electrons. The molecule has 0 spiro atoms. The Morgan fingerprint density at radius 3 is 2.86 bits per heavy atom. The predicted octanol–water partition coefficient (Wildman–Crippen LogP) is 2.82. The van der Waals surface area contributed by atoms with E-state index in [0.717, 1.165) is 22.1 Å². The van der Waals surface area contributed by atoms with Crippen LogP contribution >= 0.6 is 0 Å². The third-order valence-corrected chi connectivity index (χ3v) is 3.33. The van der Waals surface area contributed by atoms with Crippen LogP contribution in [0.15, 0.2) is 54.9 Å². The van der Waals surface area contributed by atoms with Gasteiger partial charge in [-0.1, -0.05) is 24.3 Å². The third-order valence-electron chi connectivity index (χ3n) is 3.33. The van der Waals surface area contributed by atoms with Crippen LogP contribution in [-0.2, 0) is 0 Å². The van der Waals surface area contributed by atoms with E-state index in [-0.39, 0.29) is 0 Å². The predicted molar refractivity (Wildman–Crippen MR) is 78.4 cm³/mol. The number of aromatic nitrogens is 4. The standard InChI is InChI=1S/C16H9N5/c17-9-11-4-3-5-12(8-11)15-19-16-13-6-1-2-7-14(13)18-10-21(16)20-15/h1-8,10H. The first-order valence-electron chi connectivity index (χ1n) is 6.46. The Balaban J connectivity index is 1.98. The summed E-state index contributed by atoms with van der Waals surface area (Å²) in [6.45, 7) is 0. The van der Waals surface area contributed by atoms with E-state index in [4.69, 9.17) is 5.26 Å². The van der Waals surface area contributed by atoms with Gasteiger partial charge in [0.1, 0.15) is 6.33 Å². The van der Waals surface area contributed by atoms with Crippen molar-refractivity contribution in [2.24, 2.45) is 0 Å². The van der Waals surface area contributed by atoms with E-state index in [1.165, 1.54) is 0 Å². The van der Waals surface area contributed by atoms with Gasteiger partial charge in [-0.3, -0.25) is 0 Å². The van der Waals surface area contributed by atoms with Gasteiger partial charge in [0.15, 0.2) is 11.5 Å². The maximum Gasteiger partial charge on any atom is 0.182 e. The fourth-order valence-electron chi connectivity index (χ4n) is 2.33. The summed E-state index contributed by atoms with van der Waals surface area (Å²) in [5.74, 6) is 0.588. The van der Waals surface area contributed by atoms with Crippen LogP contribution in [0.5, 0.6) is 0 Å². The lowest BCUT2D eigenvalue weighted by Crippen LogP contribution is -1.90. The number of hydrogen-bond donors (Lipinski definition) is 0. The molecule has 98 valence electrons. The van der Waals surface area contributed by atoms with Crippen molar-refractivity contribution in [3.05, 3.63) is 60.4 Å². The van der Waals surface area contributed by atoms with Gasteiger partial charge in [0.25, 0.3) is 0 Å². The molecule has 0 saturated heterocycles. The minimum absolute atomic E-state index is 0.588. The molecule has 0 N–H and O–H groups in total. The molecule has 4 aromatic rings. The molecule has 0 fully saturated rings. The maximum atomic E-state index is 8.98. The molecule has 0 saturated carbocycles. The Hall–Kier alpha value is -3.26. The summed E-state index contributed by atoms with van der Waals surface area (Å²) in [7, 11) is 0. The summed E-state index contributed by atoms with van der Waals surface area (Å²) in [5.41, 5.74) is 3.06. The first-order valence-corrected chi connectivity index (χ1v) is 6.46. The molecule has 4 rings (SSSR count). The molecule has 5 heteroatoms. The fraction of sp³-hybridized carbons (Fsp3) is 0. The molecule has 2 heterocycles. The zero-order chi connectivity index (χ0) is 14.2. The lowest BCUT2D eigenvalue weighted by atomic mass is 10.1. The Kier molecular flexibility index (Phi) is 2.42. The number of benzene rings is 2. The first kappa shape index (κ1) is 11.6. The molecule has 21 heavy (non-hydrogen) atoms. The summed E-state index contributed by atoms with van der Waals surface area (Å²) in [4.78, 5) is 8.95. The second kappa shape index (κ2) is 4.39. The van der Waals surface area contributed by atoms with E-state index in [1.54, 1.807) is 23.0 Å². The van der Waals surface area contributed by atoms with Crippen molar-refractivity contribution in [3.63, 3.8) is 0 Å². The largest absolute Gasteiger partial charge is 0.236 e. The lowest BCUT2D eigenvalue weighted by molar-refractivity contribution is 0.938. The molecule has 0 bridgehead atoms. The normalized spacial score (nSPS) is 10.8. The minimum atomic E-state index is 0.588. The summed E-state index contributed by atoms with van der Waals surface area (Å²) in [6, 6.07) is 17.2. The van der Waals surface area contributed by atoms with Crippen LogP contribution in [0.25, 0.3) is 27.9 Å². The molecular formula is C16H9N5. The van der Waals surface area contributed by atoms with Crippen LogP contribution in [0.2, 0.25) is 0 Å². The second-order valence-corrected chi connectivity index (χ2v) is 4.66. The summed E-state index contributed by atoms with van der Waals surface area (Å²) in [5, 5.41) is 14.4. The summed E-state index contributed by atoms with van der Waals surface area (Å²) in [6.07, 6.45) is 1.66. The van der Waals surface area contributed by atoms with Crippen molar-refractivity contribution in [3.8, 4) is 17.5 Å². The van der Waals surface area contributed by atoms with E-state index in [2.05, 4.69) is 21.1 Å². The molecule has 0 unspecified atom stereocenters. The number of nitriles is 1. The van der Waals surface area contributed by atoms with Crippen molar-refractivity contribution in [1.29, 1.82) is 5.26 Å². The highest BCUT2D eigenvalue weighted by Crippen LogP contribution is 2.21. The second-order valence-electron chi connectivity index (χ2n) is 4.66. The smallest absolute Gasteiger partial charge is 0.182 e. The average molecular weight is 271 g/mol. The fourth-order valence-corrected chi connectivity index (χ4v) is 2.33. The van der Waals surface area contributed by atoms with Gasteiger partial charge in [-0.25, -0.2) is 14.5 Å². The van der Waals surface area contributed by atoms with Gasteiger partial charge in [-0.05, 0) is 24.3 Å². The van der Waals surface area contributed by atoms with Gasteiger partial charge >= 0.3 is 0 Å². The van der Waals surface area contributed by atoms with Crippen LogP contribution in [-0.4, -0.2) is 19.6 Å². The van der Waals surface area contributed by atoms with Crippen molar-refractivity contribution in [1.82, 2.24) is 19.6 Å². The molecule has 0 aliphatic heterocycles. The van der Waals surface area contributed by atoms with Gasteiger partial charge in [0.05, 0.1) is 17.1 Å². The maximum absolute atomic E-state index is 8.98. The zero-order valence-corrected chi connectivity index (χ0v) is 10.9. The van der Waals surface area contributed by atoms with Crippen molar-refractivity contribution in [2.45, 2.75) is 0 Å². The van der Waals surface area contributed by atoms with E-state index in [1.807, 2.05) is 36.4 Å². The molecule has 2 aromatic heterocycles. The molecule has 2 aromatic carbocycles. The van der Waals surface area contributed by atoms with E-state index < -0.39 is 0 Å². The molecule has 0 atom stereocenters. The van der Waals surface area contributed by atoms with E-state index >= 15 is 0 Å². The molecule has 0 amide bonds. The monoisotopic (exact) mass is 271 g/mol. The minimum Gasteiger partial charge on any atom is -0.236 e. The first-order chi connectivity index (χ1) is 10.3. The van der Waals surface area contributed by atoms with Gasteiger partial charge in [0.2, 0.25) is 0 Å². The zero-order valence-electron chi connectivity index (χ0n) is 10.9. The van der Waals surface area contributed by atoms with Gasteiger partial charge in [0, 0.05) is 10.9 Å². The number of rotatable bonds is 1. The number of hydrogen-bond acceptors (Lipinski definition) is 4. The quantitative estimate of drug-likeness (QED) is 0.534. The lowest BCUT2D eigenvalue weighted by Gasteiger charge is -1.96. The molecule has 5 nitrogen and oxygen atoms in total. The topological polar surface area (TPSA) is 66.9 Å². The highest BCUT2D eigenvalue weighted by molar-refractivity contribution is 5.91. The SMILES string of the molecule is N#Cc1cccc(-c2nc3c4ccccc4ncn3n2)c1. The molecular weight excluding hydrogens is 262 g/mol. The number of fused-ring (bicyclic) bond motifs is 3. The Morgan fingerprint density at radius 1 is 1.05 bits per heavy atom. The highest BCUT2D eigenvalue weighted by atomic mass is 15.3. The van der Waals surface area contributed by atoms with Crippen LogP contribution in [0.3, 0.4) is 0 Å². The Morgan fingerprint density at radius 2 is 1.95 bits per heavy atom. The average Bonchev–Trinajstić information content (AvgIpc) is 2.99. The van der Waals surface area contributed by atoms with Crippen molar-refractivity contribution < 1.29 is 0 Å². The van der Waals surface area contributed by atoms with Crippen molar-refractivity contribution >= 4 is 16.6 Å². The molecule has 0 aliphatic carbocycles. The highest BCUT2D eigenvalue weighted by Gasteiger charge is 2.10. The number of para-hydroxylation sites is 1. The molecule has 0 aliphatic rings. The number of nitrogens with zero attached hydrogens (tertiary/aromatic N) is 5. The third kappa shape index (κ3) is 1.82. The summed E-state index contributed by atoms with van der Waals surface area (Å²) < 4.78 is 1.66. The van der Waals surface area contributed by atoms with E-state index in [9.17, 15) is 0 Å². The van der Waals surface area contributed by atoms with Gasteiger partial charge in [-0.15, -0.1) is 5.10 Å². The van der Waals surface area contributed by atoms with Crippen LogP contribution in [0.1, 0.15) is 5.56 Å². The Bertz CT molecular complexity index is 1010. The summed E-state index contributed by atoms with van der Waals surface area (Å²) >= 11 is 0. The van der Waals surface area contributed by atoms with Crippen LogP contribution < -0.4 is 0 Å². The Labute approximate surface area is 120 Å². The van der Waals surface area contributed by atoms with Crippen LogP contribution in [0, 0.1) is 11.3 Å². The van der Waals surface area contributed by atoms with Crippen LogP contribution in [0.4, 0.5) is 0 Å². The van der Waals surface area contributed by atoms with Crippen molar-refractivity contribution in [2.75, 3.05) is 0 Å². The van der Waals surface area contributed by atoms with E-state index in [0.29, 0.717) is 11.4 Å². The van der Waals surface area contributed by atoms with Gasteiger partial charge in [-0.2, -0.15) is 5.26 Å². The van der Waals surface area contributed by atoms with Gasteiger partial charge < -0.3 is 0 Å².